The van der Waals surface area contributed by atoms with Crippen LogP contribution in [0.3, 0.4) is 0 Å². The lowest BCUT2D eigenvalue weighted by atomic mass is 9.93. The molecule has 1 aliphatic rings. The first-order chi connectivity index (χ1) is 12.0. The Morgan fingerprint density at radius 1 is 1.00 bits per heavy atom. The van der Waals surface area contributed by atoms with Gasteiger partial charge in [-0.3, -0.25) is 4.79 Å². The fourth-order valence-corrected chi connectivity index (χ4v) is 2.87. The predicted molar refractivity (Wildman–Crippen MR) is 89.4 cm³/mol. The van der Waals surface area contributed by atoms with Crippen molar-refractivity contribution in [1.29, 1.82) is 0 Å². The average molecular weight is 301 g/mol. The Bertz CT molecular complexity index is 367. The van der Waals surface area contributed by atoms with E-state index in [2.05, 4.69) is 4.74 Å². The molecule has 5 unspecified atom stereocenters. The maximum Gasteiger partial charge on any atom is 0.305 e. The molecule has 0 aromatic rings. The second-order valence-corrected chi connectivity index (χ2v) is 6.07. The molecule has 0 N–H and O–H groups in total. The smallest absolute Gasteiger partial charge is 0.305 e. The van der Waals surface area contributed by atoms with Crippen molar-refractivity contribution in [1.82, 2.24) is 0 Å². The van der Waals surface area contributed by atoms with E-state index < -0.39 is 19.2 Å². The second-order valence-electron chi connectivity index (χ2n) is 6.07. The highest BCUT2D eigenvalue weighted by molar-refractivity contribution is 5.68. The van der Waals surface area contributed by atoms with E-state index in [0.717, 1.165) is 25.7 Å². The summed E-state index contributed by atoms with van der Waals surface area (Å²) in [4.78, 5) is 11.0. The quantitative estimate of drug-likeness (QED) is 0.264. The molecule has 0 saturated heterocycles. The molecular weight excluding hydrogens is 260 g/mol. The Kier molecular flexibility index (Phi) is 8.12. The summed E-state index contributed by atoms with van der Waals surface area (Å²) in [7, 11) is 1.43. The van der Waals surface area contributed by atoms with Crippen LogP contribution in [-0.2, 0) is 9.53 Å². The summed E-state index contributed by atoms with van der Waals surface area (Å²) in [5, 5.41) is 0. The SMILES string of the molecule is [2H]C1CC([2H])C([2H])C([2H])CC1CCCCCCCCCCC(=O)OC. The Morgan fingerprint density at radius 3 is 2.38 bits per heavy atom. The van der Waals surface area contributed by atoms with Crippen LogP contribution in [0.2, 0.25) is 0 Å². The van der Waals surface area contributed by atoms with E-state index in [9.17, 15) is 4.79 Å². The third-order valence-electron chi connectivity index (χ3n) is 4.25. The van der Waals surface area contributed by atoms with Crippen LogP contribution in [-0.4, -0.2) is 13.1 Å². The number of esters is 1. The van der Waals surface area contributed by atoms with Crippen molar-refractivity contribution < 1.29 is 15.0 Å². The first-order valence-electron chi connectivity index (χ1n) is 11.0. The molecule has 0 heterocycles. The molecule has 0 spiro atoms. The van der Waals surface area contributed by atoms with Crippen molar-refractivity contribution in [2.75, 3.05) is 7.11 Å². The highest BCUT2D eigenvalue weighted by Crippen LogP contribution is 2.27. The van der Waals surface area contributed by atoms with Gasteiger partial charge in [0.25, 0.3) is 0 Å². The first kappa shape index (κ1) is 13.0. The van der Waals surface area contributed by atoms with Gasteiger partial charge in [0, 0.05) is 11.9 Å². The lowest BCUT2D eigenvalue weighted by Gasteiger charge is -2.13. The second kappa shape index (κ2) is 13.2. The van der Waals surface area contributed by atoms with Crippen molar-refractivity contribution in [3.63, 3.8) is 0 Å². The Hall–Kier alpha value is -0.530. The Morgan fingerprint density at radius 2 is 1.67 bits per heavy atom. The molecule has 1 saturated carbocycles. The van der Waals surface area contributed by atoms with E-state index in [1.165, 1.54) is 39.2 Å². The van der Waals surface area contributed by atoms with Crippen molar-refractivity contribution in [3.05, 3.63) is 0 Å². The zero-order valence-corrected chi connectivity index (χ0v) is 13.7. The van der Waals surface area contributed by atoms with E-state index in [4.69, 9.17) is 5.48 Å². The third kappa shape index (κ3) is 10.8. The van der Waals surface area contributed by atoms with Gasteiger partial charge in [0.15, 0.2) is 0 Å². The number of hydrogen-bond donors (Lipinski definition) is 0. The van der Waals surface area contributed by atoms with E-state index >= 15 is 0 Å². The summed E-state index contributed by atoms with van der Waals surface area (Å²) in [5.41, 5.74) is 0. The molecule has 1 fully saturated rings. The largest absolute Gasteiger partial charge is 0.469 e. The van der Waals surface area contributed by atoms with Crippen LogP contribution in [0.4, 0.5) is 0 Å². The summed E-state index contributed by atoms with van der Waals surface area (Å²) in [6.07, 6.45) is 9.71. The fourth-order valence-electron chi connectivity index (χ4n) is 2.87. The standard InChI is InChI=1S/C19H36O2/c1-21-19(20)17-13-7-5-3-2-4-6-10-14-18-15-11-8-9-12-16-18/h18H,2-17H2,1H3/i8D,9D,11D,16D. The number of methoxy groups -OCH3 is 1. The molecule has 124 valence electrons. The molecule has 2 nitrogen and oxygen atoms in total. The average Bonchev–Trinajstić information content (AvgIpc) is 2.68. The van der Waals surface area contributed by atoms with Crippen LogP contribution >= 0.6 is 0 Å². The minimum atomic E-state index is -0.642. The minimum absolute atomic E-state index is 0.116. The zero-order valence-electron chi connectivity index (χ0n) is 17.7. The maximum absolute atomic E-state index is 11.0. The van der Waals surface area contributed by atoms with Crippen LogP contribution in [0.25, 0.3) is 0 Å². The monoisotopic (exact) mass is 300 g/mol. The molecule has 0 aromatic heterocycles. The van der Waals surface area contributed by atoms with E-state index in [1.807, 2.05) is 0 Å². The number of carbonyl (C=O) groups excluding carboxylic acids is 1. The van der Waals surface area contributed by atoms with Gasteiger partial charge in [0.05, 0.1) is 7.11 Å². The summed E-state index contributed by atoms with van der Waals surface area (Å²) in [5.74, 6) is 0.0821. The van der Waals surface area contributed by atoms with Gasteiger partial charge in [-0.2, -0.15) is 0 Å². The van der Waals surface area contributed by atoms with Crippen LogP contribution in [0.1, 0.15) is 108 Å². The molecule has 1 aliphatic carbocycles. The molecule has 1 rings (SSSR count). The van der Waals surface area contributed by atoms with Crippen LogP contribution in [0.15, 0.2) is 0 Å². The number of hydrogen-bond acceptors (Lipinski definition) is 2. The highest BCUT2D eigenvalue weighted by atomic mass is 16.5. The summed E-state index contributed by atoms with van der Waals surface area (Å²) in [6, 6.07) is 0. The normalized spacial score (nSPS) is 36.0. The highest BCUT2D eigenvalue weighted by Gasteiger charge is 2.11. The number of rotatable bonds is 11. The van der Waals surface area contributed by atoms with Crippen molar-refractivity contribution in [3.8, 4) is 0 Å². The predicted octanol–water partition coefficient (Wildman–Crippen LogP) is 6.03. The summed E-state index contributed by atoms with van der Waals surface area (Å²) < 4.78 is 36.6. The molecule has 0 radical (unpaired) electrons. The zero-order chi connectivity index (χ0) is 18.7. The van der Waals surface area contributed by atoms with Crippen molar-refractivity contribution >= 4 is 5.97 Å². The van der Waals surface area contributed by atoms with Gasteiger partial charge in [-0.15, -0.1) is 0 Å². The van der Waals surface area contributed by atoms with Crippen LogP contribution in [0.5, 0.6) is 0 Å². The van der Waals surface area contributed by atoms with Gasteiger partial charge in [0.1, 0.15) is 0 Å². The molecule has 21 heavy (non-hydrogen) atoms. The fraction of sp³-hybridized carbons (Fsp3) is 0.947. The molecule has 5 atom stereocenters. The van der Waals surface area contributed by atoms with Gasteiger partial charge in [-0.1, -0.05) is 89.8 Å². The number of ether oxygens (including phenoxy) is 1. The van der Waals surface area contributed by atoms with Gasteiger partial charge >= 0.3 is 5.97 Å². The van der Waals surface area contributed by atoms with Gasteiger partial charge < -0.3 is 4.74 Å². The van der Waals surface area contributed by atoms with E-state index in [1.54, 1.807) is 0 Å². The minimum Gasteiger partial charge on any atom is -0.469 e. The van der Waals surface area contributed by atoms with Crippen molar-refractivity contribution in [2.24, 2.45) is 5.92 Å². The third-order valence-corrected chi connectivity index (χ3v) is 4.25. The van der Waals surface area contributed by atoms with Crippen LogP contribution < -0.4 is 0 Å². The number of unbranched alkanes of at least 4 members (excludes halogenated alkanes) is 7. The van der Waals surface area contributed by atoms with Gasteiger partial charge in [-0.25, -0.2) is 0 Å². The Labute approximate surface area is 137 Å². The maximum atomic E-state index is 11.0. The molecular formula is C19H36O2. The molecule has 0 aromatic carbocycles. The topological polar surface area (TPSA) is 26.3 Å². The Balaban J connectivity index is 2.03. The van der Waals surface area contributed by atoms with E-state index in [-0.39, 0.29) is 18.3 Å². The molecule has 0 bridgehead atoms. The molecule has 0 amide bonds. The van der Waals surface area contributed by atoms with Crippen LogP contribution in [0, 0.1) is 5.92 Å². The lowest BCUT2D eigenvalue weighted by molar-refractivity contribution is -0.140. The summed E-state index contributed by atoms with van der Waals surface area (Å²) in [6.45, 7) is 0. The number of carbonyl (C=O) groups is 1. The molecule has 0 aliphatic heterocycles. The van der Waals surface area contributed by atoms with Crippen molar-refractivity contribution in [2.45, 2.75) is 103 Å². The first-order valence-corrected chi connectivity index (χ1v) is 8.71. The summed E-state index contributed by atoms with van der Waals surface area (Å²) >= 11 is 0. The van der Waals surface area contributed by atoms with E-state index in [0.29, 0.717) is 19.3 Å². The molecule has 2 heteroatoms. The lowest BCUT2D eigenvalue weighted by Crippen LogP contribution is -1.99. The van der Waals surface area contributed by atoms with Gasteiger partial charge in [-0.05, 0) is 12.3 Å². The van der Waals surface area contributed by atoms with Gasteiger partial charge in [0.2, 0.25) is 0 Å².